The van der Waals surface area contributed by atoms with Crippen molar-refractivity contribution < 1.29 is 0 Å². The van der Waals surface area contributed by atoms with Crippen molar-refractivity contribution in [2.24, 2.45) is 0 Å². The Kier molecular flexibility index (Phi) is 2.28. The Bertz CT molecular complexity index is 425. The fourth-order valence-electron chi connectivity index (χ4n) is 1.13. The summed E-state index contributed by atoms with van der Waals surface area (Å²) in [6.07, 6.45) is 0. The van der Waals surface area contributed by atoms with Gasteiger partial charge in [0, 0.05) is 4.88 Å². The van der Waals surface area contributed by atoms with Crippen LogP contribution in [0.4, 0.5) is 0 Å². The summed E-state index contributed by atoms with van der Waals surface area (Å²) in [5.41, 5.74) is 1.09. The van der Waals surface area contributed by atoms with E-state index in [1.54, 1.807) is 16.0 Å². The average molecular weight is 209 g/mol. The smallest absolute Gasteiger partial charge is 0.148 e. The van der Waals surface area contributed by atoms with E-state index in [-0.39, 0.29) is 0 Å². The lowest BCUT2D eigenvalue weighted by atomic mass is 10.4. The van der Waals surface area contributed by atoms with Crippen LogP contribution in [0.1, 0.15) is 21.4 Å². The molecule has 0 unspecified atom stereocenters. The van der Waals surface area contributed by atoms with E-state index in [1.807, 2.05) is 13.8 Å². The van der Waals surface area contributed by atoms with Crippen LogP contribution < -0.4 is 0 Å². The summed E-state index contributed by atoms with van der Waals surface area (Å²) in [5, 5.41) is 12.3. The van der Waals surface area contributed by atoms with E-state index in [0.29, 0.717) is 6.54 Å². The van der Waals surface area contributed by atoms with E-state index in [1.165, 1.54) is 4.88 Å². The molecule has 2 aromatic rings. The quantitative estimate of drug-likeness (QED) is 0.743. The van der Waals surface area contributed by atoms with Crippen molar-refractivity contribution in [3.8, 4) is 0 Å². The van der Waals surface area contributed by atoms with Gasteiger partial charge in [-0.3, -0.25) is 0 Å². The molecule has 2 heterocycles. The third kappa shape index (κ3) is 1.65. The van der Waals surface area contributed by atoms with Crippen molar-refractivity contribution in [1.29, 1.82) is 0 Å². The zero-order chi connectivity index (χ0) is 10.1. The molecular formula is C8H11N5S. The summed E-state index contributed by atoms with van der Waals surface area (Å²) >= 11 is 1.69. The van der Waals surface area contributed by atoms with Gasteiger partial charge in [0.2, 0.25) is 0 Å². The number of thiazole rings is 1. The van der Waals surface area contributed by atoms with Gasteiger partial charge in [-0.1, -0.05) is 0 Å². The molecule has 5 nitrogen and oxygen atoms in total. The third-order valence-corrected chi connectivity index (χ3v) is 3.13. The van der Waals surface area contributed by atoms with Crippen LogP contribution in [0.3, 0.4) is 0 Å². The molecule has 74 valence electrons. The standard InChI is InChI=1S/C8H11N5S/c1-5-6(2)14-8(9-5)4-13-7(3)10-11-12-13/h4H2,1-3H3. The molecule has 0 aliphatic heterocycles. The van der Waals surface area contributed by atoms with Crippen LogP contribution in [0.5, 0.6) is 0 Å². The Hall–Kier alpha value is -1.30. The largest absolute Gasteiger partial charge is 0.244 e. The van der Waals surface area contributed by atoms with Gasteiger partial charge < -0.3 is 0 Å². The van der Waals surface area contributed by atoms with E-state index in [2.05, 4.69) is 27.4 Å². The molecule has 0 aliphatic rings. The van der Waals surface area contributed by atoms with Gasteiger partial charge in [0.15, 0.2) is 0 Å². The summed E-state index contributed by atoms with van der Waals surface area (Å²) < 4.78 is 1.75. The molecule has 0 bridgehead atoms. The van der Waals surface area contributed by atoms with Crippen LogP contribution in [0, 0.1) is 20.8 Å². The lowest BCUT2D eigenvalue weighted by Crippen LogP contribution is -2.03. The van der Waals surface area contributed by atoms with Crippen LogP contribution in [0.15, 0.2) is 0 Å². The van der Waals surface area contributed by atoms with Crippen molar-refractivity contribution in [3.05, 3.63) is 21.4 Å². The van der Waals surface area contributed by atoms with E-state index >= 15 is 0 Å². The molecular weight excluding hydrogens is 198 g/mol. The first-order valence-corrected chi connectivity index (χ1v) is 5.14. The number of aromatic nitrogens is 5. The van der Waals surface area contributed by atoms with Crippen molar-refractivity contribution in [1.82, 2.24) is 25.2 Å². The van der Waals surface area contributed by atoms with Crippen LogP contribution in [-0.2, 0) is 6.54 Å². The van der Waals surface area contributed by atoms with Crippen molar-refractivity contribution >= 4 is 11.3 Å². The highest BCUT2D eigenvalue weighted by atomic mass is 32.1. The topological polar surface area (TPSA) is 56.5 Å². The number of aryl methyl sites for hydroxylation is 3. The van der Waals surface area contributed by atoms with Crippen LogP contribution >= 0.6 is 11.3 Å². The fourth-order valence-corrected chi connectivity index (χ4v) is 2.05. The maximum absolute atomic E-state index is 4.43. The Morgan fingerprint density at radius 3 is 2.57 bits per heavy atom. The zero-order valence-electron chi connectivity index (χ0n) is 8.35. The second-order valence-electron chi connectivity index (χ2n) is 3.13. The number of hydrogen-bond acceptors (Lipinski definition) is 5. The number of nitrogens with zero attached hydrogens (tertiary/aromatic N) is 5. The molecule has 0 saturated carbocycles. The molecule has 2 aromatic heterocycles. The Labute approximate surface area is 85.8 Å². The van der Waals surface area contributed by atoms with Gasteiger partial charge in [-0.15, -0.1) is 16.4 Å². The fraction of sp³-hybridized carbons (Fsp3) is 0.500. The van der Waals surface area contributed by atoms with Crippen LogP contribution in [0.2, 0.25) is 0 Å². The van der Waals surface area contributed by atoms with Gasteiger partial charge in [0.25, 0.3) is 0 Å². The van der Waals surface area contributed by atoms with Gasteiger partial charge in [0.1, 0.15) is 10.8 Å². The highest BCUT2D eigenvalue weighted by Crippen LogP contribution is 2.17. The predicted molar refractivity (Wildman–Crippen MR) is 53.2 cm³/mol. The first kappa shape index (κ1) is 9.26. The maximum Gasteiger partial charge on any atom is 0.148 e. The molecule has 2 rings (SSSR count). The lowest BCUT2D eigenvalue weighted by Gasteiger charge is -1.96. The number of rotatable bonds is 2. The van der Waals surface area contributed by atoms with Gasteiger partial charge >= 0.3 is 0 Å². The molecule has 0 aromatic carbocycles. The number of hydrogen-bond donors (Lipinski definition) is 0. The monoisotopic (exact) mass is 209 g/mol. The Morgan fingerprint density at radius 1 is 1.29 bits per heavy atom. The molecule has 0 spiro atoms. The van der Waals surface area contributed by atoms with E-state index in [0.717, 1.165) is 16.5 Å². The third-order valence-electron chi connectivity index (χ3n) is 2.07. The average Bonchev–Trinajstić information content (AvgIpc) is 2.63. The lowest BCUT2D eigenvalue weighted by molar-refractivity contribution is 0.630. The van der Waals surface area contributed by atoms with Crippen molar-refractivity contribution in [2.45, 2.75) is 27.3 Å². The molecule has 0 fully saturated rings. The van der Waals surface area contributed by atoms with E-state index < -0.39 is 0 Å². The van der Waals surface area contributed by atoms with E-state index in [9.17, 15) is 0 Å². The minimum Gasteiger partial charge on any atom is -0.244 e. The SMILES string of the molecule is Cc1nc(Cn2nnnc2C)sc1C. The molecule has 6 heteroatoms. The van der Waals surface area contributed by atoms with Gasteiger partial charge in [-0.25, -0.2) is 9.67 Å². The second kappa shape index (κ2) is 3.45. The minimum atomic E-state index is 0.665. The molecule has 0 N–H and O–H groups in total. The molecule has 0 atom stereocenters. The van der Waals surface area contributed by atoms with Crippen LogP contribution in [-0.4, -0.2) is 25.2 Å². The molecule has 0 radical (unpaired) electrons. The zero-order valence-corrected chi connectivity index (χ0v) is 9.17. The summed E-state index contributed by atoms with van der Waals surface area (Å²) in [6.45, 7) is 6.64. The Balaban J connectivity index is 2.23. The molecule has 0 amide bonds. The van der Waals surface area contributed by atoms with Gasteiger partial charge in [0.05, 0.1) is 12.2 Å². The molecule has 14 heavy (non-hydrogen) atoms. The van der Waals surface area contributed by atoms with Crippen molar-refractivity contribution in [3.63, 3.8) is 0 Å². The Morgan fingerprint density at radius 2 is 2.07 bits per heavy atom. The molecule has 0 saturated heterocycles. The van der Waals surface area contributed by atoms with Gasteiger partial charge in [-0.05, 0) is 31.2 Å². The number of tetrazole rings is 1. The first-order chi connectivity index (χ1) is 6.66. The van der Waals surface area contributed by atoms with Crippen molar-refractivity contribution in [2.75, 3.05) is 0 Å². The highest BCUT2D eigenvalue weighted by molar-refractivity contribution is 7.11. The summed E-state index contributed by atoms with van der Waals surface area (Å²) in [4.78, 5) is 5.68. The summed E-state index contributed by atoms with van der Waals surface area (Å²) in [7, 11) is 0. The van der Waals surface area contributed by atoms with Crippen LogP contribution in [0.25, 0.3) is 0 Å². The predicted octanol–water partition coefficient (Wildman–Crippen LogP) is 1.10. The summed E-state index contributed by atoms with van der Waals surface area (Å²) in [5.74, 6) is 0.815. The highest BCUT2D eigenvalue weighted by Gasteiger charge is 2.06. The van der Waals surface area contributed by atoms with E-state index in [4.69, 9.17) is 0 Å². The van der Waals surface area contributed by atoms with Gasteiger partial charge in [-0.2, -0.15) is 0 Å². The summed E-state index contributed by atoms with van der Waals surface area (Å²) in [6, 6.07) is 0. The minimum absolute atomic E-state index is 0.665. The first-order valence-electron chi connectivity index (χ1n) is 4.32. The molecule has 0 aliphatic carbocycles. The maximum atomic E-state index is 4.43. The second-order valence-corrected chi connectivity index (χ2v) is 4.42. The normalized spacial score (nSPS) is 10.8.